The van der Waals surface area contributed by atoms with E-state index in [9.17, 15) is 0 Å². The summed E-state index contributed by atoms with van der Waals surface area (Å²) in [5.41, 5.74) is 1.56. The lowest BCUT2D eigenvalue weighted by Crippen LogP contribution is -2.47. The average Bonchev–Trinajstić information content (AvgIpc) is 2.67. The second-order valence-electron chi connectivity index (χ2n) is 5.26. The lowest BCUT2D eigenvalue weighted by Gasteiger charge is -2.46. The highest BCUT2D eigenvalue weighted by atomic mass is 16.7. The molecule has 1 heterocycles. The average molecular weight is 208 g/mol. The molecule has 84 valence electrons. The molecule has 1 aliphatic heterocycles. The zero-order chi connectivity index (χ0) is 10.3. The predicted molar refractivity (Wildman–Crippen MR) is 58.5 cm³/mol. The molecule has 3 rings (SSSR count). The van der Waals surface area contributed by atoms with Crippen LogP contribution in [0.4, 0.5) is 0 Å². The lowest BCUT2D eigenvalue weighted by atomic mass is 9.68. The molecule has 3 aliphatic rings. The monoisotopic (exact) mass is 208 g/mol. The van der Waals surface area contributed by atoms with Gasteiger partial charge in [-0.25, -0.2) is 0 Å². The van der Waals surface area contributed by atoms with Gasteiger partial charge in [-0.15, -0.1) is 0 Å². The van der Waals surface area contributed by atoms with Crippen LogP contribution in [0.15, 0.2) is 11.6 Å². The van der Waals surface area contributed by atoms with E-state index in [0.717, 1.165) is 32.0 Å². The van der Waals surface area contributed by atoms with E-state index in [0.29, 0.717) is 5.92 Å². The molecule has 0 N–H and O–H groups in total. The number of ether oxygens (including phenoxy) is 2. The molecule has 1 saturated heterocycles. The Morgan fingerprint density at radius 3 is 2.93 bits per heavy atom. The Hall–Kier alpha value is -0.340. The van der Waals surface area contributed by atoms with Gasteiger partial charge in [0.1, 0.15) is 0 Å². The minimum Gasteiger partial charge on any atom is -0.347 e. The Morgan fingerprint density at radius 1 is 1.33 bits per heavy atom. The largest absolute Gasteiger partial charge is 0.347 e. The van der Waals surface area contributed by atoms with E-state index in [1.807, 2.05) is 0 Å². The molecule has 0 aromatic rings. The molecular weight excluding hydrogens is 188 g/mol. The Morgan fingerprint density at radius 2 is 2.13 bits per heavy atom. The first kappa shape index (κ1) is 9.86. The van der Waals surface area contributed by atoms with Gasteiger partial charge in [0.25, 0.3) is 0 Å². The molecule has 2 heteroatoms. The SMILES string of the molecule is CC1=CCC2C(CCCC23OCCO3)C1. The van der Waals surface area contributed by atoms with Crippen LogP contribution in [0.3, 0.4) is 0 Å². The maximum Gasteiger partial charge on any atom is 0.171 e. The first-order valence-corrected chi connectivity index (χ1v) is 6.24. The third-order valence-corrected chi connectivity index (χ3v) is 4.31. The summed E-state index contributed by atoms with van der Waals surface area (Å²) in [6.45, 7) is 3.85. The Kier molecular flexibility index (Phi) is 2.37. The second-order valence-corrected chi connectivity index (χ2v) is 5.26. The van der Waals surface area contributed by atoms with E-state index < -0.39 is 0 Å². The van der Waals surface area contributed by atoms with Crippen LogP contribution >= 0.6 is 0 Å². The fourth-order valence-corrected chi connectivity index (χ4v) is 3.63. The molecule has 15 heavy (non-hydrogen) atoms. The number of fused-ring (bicyclic) bond motifs is 2. The molecule has 2 nitrogen and oxygen atoms in total. The van der Waals surface area contributed by atoms with Crippen molar-refractivity contribution in [1.82, 2.24) is 0 Å². The van der Waals surface area contributed by atoms with E-state index >= 15 is 0 Å². The van der Waals surface area contributed by atoms with Crippen LogP contribution in [0.1, 0.15) is 39.0 Å². The van der Waals surface area contributed by atoms with Crippen LogP contribution in [-0.4, -0.2) is 19.0 Å². The van der Waals surface area contributed by atoms with Crippen molar-refractivity contribution in [3.63, 3.8) is 0 Å². The van der Waals surface area contributed by atoms with Gasteiger partial charge < -0.3 is 9.47 Å². The topological polar surface area (TPSA) is 18.5 Å². The van der Waals surface area contributed by atoms with Crippen LogP contribution in [0.2, 0.25) is 0 Å². The van der Waals surface area contributed by atoms with Gasteiger partial charge in [-0.3, -0.25) is 0 Å². The van der Waals surface area contributed by atoms with E-state index in [4.69, 9.17) is 9.47 Å². The molecule has 1 spiro atoms. The maximum atomic E-state index is 5.93. The highest BCUT2D eigenvalue weighted by molar-refractivity contribution is 5.09. The number of hydrogen-bond donors (Lipinski definition) is 0. The van der Waals surface area contributed by atoms with Gasteiger partial charge in [0.2, 0.25) is 0 Å². The van der Waals surface area contributed by atoms with Crippen molar-refractivity contribution >= 4 is 0 Å². The van der Waals surface area contributed by atoms with E-state index in [-0.39, 0.29) is 5.79 Å². The Bertz CT molecular complexity index is 276. The standard InChI is InChI=1S/C13H20O2/c1-10-4-5-12-11(9-10)3-2-6-13(12)14-7-8-15-13/h4,11-12H,2-3,5-9H2,1H3. The van der Waals surface area contributed by atoms with Gasteiger partial charge in [0.15, 0.2) is 5.79 Å². The third-order valence-electron chi connectivity index (χ3n) is 4.31. The van der Waals surface area contributed by atoms with Crippen molar-refractivity contribution in [2.45, 2.75) is 44.8 Å². The lowest BCUT2D eigenvalue weighted by molar-refractivity contribution is -0.226. The zero-order valence-corrected chi connectivity index (χ0v) is 9.50. The van der Waals surface area contributed by atoms with Crippen LogP contribution in [0.25, 0.3) is 0 Å². The maximum absolute atomic E-state index is 5.93. The molecule has 0 bridgehead atoms. The summed E-state index contributed by atoms with van der Waals surface area (Å²) in [6, 6.07) is 0. The van der Waals surface area contributed by atoms with Crippen molar-refractivity contribution in [2.24, 2.45) is 11.8 Å². The van der Waals surface area contributed by atoms with E-state index in [2.05, 4.69) is 13.0 Å². The molecule has 0 aromatic heterocycles. The summed E-state index contributed by atoms with van der Waals surface area (Å²) < 4.78 is 11.9. The molecule has 1 saturated carbocycles. The predicted octanol–water partition coefficient (Wildman–Crippen LogP) is 2.89. The third kappa shape index (κ3) is 1.55. The normalized spacial score (nSPS) is 38.9. The zero-order valence-electron chi connectivity index (χ0n) is 9.50. The summed E-state index contributed by atoms with van der Waals surface area (Å²) in [6.07, 6.45) is 8.56. The van der Waals surface area contributed by atoms with Gasteiger partial charge >= 0.3 is 0 Å². The molecule has 0 amide bonds. The van der Waals surface area contributed by atoms with Crippen molar-refractivity contribution in [3.8, 4) is 0 Å². The first-order valence-electron chi connectivity index (χ1n) is 6.24. The summed E-state index contributed by atoms with van der Waals surface area (Å²) in [5.74, 6) is 1.24. The Balaban J connectivity index is 1.86. The summed E-state index contributed by atoms with van der Waals surface area (Å²) in [4.78, 5) is 0. The molecule has 2 unspecified atom stereocenters. The fourth-order valence-electron chi connectivity index (χ4n) is 3.63. The number of rotatable bonds is 0. The molecule has 2 aliphatic carbocycles. The minimum atomic E-state index is -0.194. The summed E-state index contributed by atoms with van der Waals surface area (Å²) >= 11 is 0. The van der Waals surface area contributed by atoms with Crippen LogP contribution < -0.4 is 0 Å². The van der Waals surface area contributed by atoms with Gasteiger partial charge in [-0.1, -0.05) is 11.6 Å². The molecule has 2 atom stereocenters. The first-order chi connectivity index (χ1) is 7.30. The smallest absolute Gasteiger partial charge is 0.171 e. The van der Waals surface area contributed by atoms with Crippen LogP contribution in [0, 0.1) is 11.8 Å². The van der Waals surface area contributed by atoms with Gasteiger partial charge in [-0.2, -0.15) is 0 Å². The summed E-state index contributed by atoms with van der Waals surface area (Å²) in [5, 5.41) is 0. The molecule has 0 radical (unpaired) electrons. The van der Waals surface area contributed by atoms with Gasteiger partial charge in [-0.05, 0) is 38.5 Å². The van der Waals surface area contributed by atoms with Crippen molar-refractivity contribution < 1.29 is 9.47 Å². The van der Waals surface area contributed by atoms with Crippen LogP contribution in [0.5, 0.6) is 0 Å². The molecular formula is C13H20O2. The second kappa shape index (κ2) is 3.60. The van der Waals surface area contributed by atoms with Gasteiger partial charge in [0.05, 0.1) is 13.2 Å². The fraction of sp³-hybridized carbons (Fsp3) is 0.846. The van der Waals surface area contributed by atoms with Crippen molar-refractivity contribution in [3.05, 3.63) is 11.6 Å². The number of allylic oxidation sites excluding steroid dienone is 2. The summed E-state index contributed by atoms with van der Waals surface area (Å²) in [7, 11) is 0. The van der Waals surface area contributed by atoms with Crippen molar-refractivity contribution in [1.29, 1.82) is 0 Å². The quantitative estimate of drug-likeness (QED) is 0.570. The van der Waals surface area contributed by atoms with Crippen molar-refractivity contribution in [2.75, 3.05) is 13.2 Å². The minimum absolute atomic E-state index is 0.194. The Labute approximate surface area is 91.6 Å². The molecule has 2 fully saturated rings. The highest BCUT2D eigenvalue weighted by Crippen LogP contribution is 2.49. The molecule has 0 aromatic carbocycles. The van der Waals surface area contributed by atoms with Crippen LogP contribution in [-0.2, 0) is 9.47 Å². The van der Waals surface area contributed by atoms with Gasteiger partial charge in [0, 0.05) is 12.3 Å². The van der Waals surface area contributed by atoms with E-state index in [1.54, 1.807) is 5.57 Å². The number of hydrogen-bond acceptors (Lipinski definition) is 2. The van der Waals surface area contributed by atoms with E-state index in [1.165, 1.54) is 19.3 Å². The highest BCUT2D eigenvalue weighted by Gasteiger charge is 2.50.